The van der Waals surface area contributed by atoms with Crippen LogP contribution in [-0.4, -0.2) is 12.9 Å². The van der Waals surface area contributed by atoms with Crippen LogP contribution in [0, 0.1) is 11.3 Å². The lowest BCUT2D eigenvalue weighted by atomic mass is 9.50. The van der Waals surface area contributed by atoms with E-state index in [0.29, 0.717) is 11.3 Å². The molecular formula is C20H28O2. The van der Waals surface area contributed by atoms with Crippen molar-refractivity contribution in [2.45, 2.75) is 65.2 Å². The van der Waals surface area contributed by atoms with Crippen molar-refractivity contribution in [2.24, 2.45) is 11.3 Å². The molecule has 2 nitrogen and oxygen atoms in total. The molecule has 2 unspecified atom stereocenters. The van der Waals surface area contributed by atoms with E-state index in [1.54, 1.807) is 14.0 Å². The second kappa shape index (κ2) is 5.11. The topological polar surface area (TPSA) is 26.3 Å². The first-order valence-corrected chi connectivity index (χ1v) is 8.52. The van der Waals surface area contributed by atoms with Gasteiger partial charge < -0.3 is 4.74 Å². The van der Waals surface area contributed by atoms with Crippen molar-refractivity contribution in [1.82, 2.24) is 0 Å². The summed E-state index contributed by atoms with van der Waals surface area (Å²) in [5.41, 5.74) is 4.15. The highest BCUT2D eigenvalue weighted by Crippen LogP contribution is 2.57. The SMILES string of the molecule is COc1cc2c(cc1C(C)=O)CCC1C(C)(C)CCCC21C. The lowest BCUT2D eigenvalue weighted by molar-refractivity contribution is 0.0405. The van der Waals surface area contributed by atoms with Gasteiger partial charge in [-0.2, -0.15) is 0 Å². The number of benzene rings is 1. The fourth-order valence-corrected chi connectivity index (χ4v) is 5.26. The van der Waals surface area contributed by atoms with Crippen molar-refractivity contribution in [3.05, 3.63) is 28.8 Å². The molecule has 0 bridgehead atoms. The van der Waals surface area contributed by atoms with E-state index in [1.807, 2.05) is 0 Å². The molecule has 120 valence electrons. The number of Topliss-reactive ketones (excluding diaryl/α,β-unsaturated/α-hetero) is 1. The average Bonchev–Trinajstić information content (AvgIpc) is 2.45. The van der Waals surface area contributed by atoms with Gasteiger partial charge in [0.05, 0.1) is 12.7 Å². The molecule has 3 rings (SSSR count). The Morgan fingerprint density at radius 3 is 2.59 bits per heavy atom. The van der Waals surface area contributed by atoms with E-state index in [9.17, 15) is 4.79 Å². The molecule has 0 radical (unpaired) electrons. The van der Waals surface area contributed by atoms with Crippen molar-refractivity contribution >= 4 is 5.78 Å². The molecule has 1 fully saturated rings. The van der Waals surface area contributed by atoms with E-state index in [1.165, 1.54) is 36.8 Å². The summed E-state index contributed by atoms with van der Waals surface area (Å²) in [7, 11) is 1.67. The van der Waals surface area contributed by atoms with Gasteiger partial charge in [0.15, 0.2) is 5.78 Å². The summed E-state index contributed by atoms with van der Waals surface area (Å²) in [4.78, 5) is 11.9. The number of rotatable bonds is 2. The predicted molar refractivity (Wildman–Crippen MR) is 89.8 cm³/mol. The molecule has 2 aliphatic carbocycles. The summed E-state index contributed by atoms with van der Waals surface area (Å²) in [6.07, 6.45) is 6.18. The summed E-state index contributed by atoms with van der Waals surface area (Å²) in [6, 6.07) is 4.26. The molecule has 0 aromatic heterocycles. The van der Waals surface area contributed by atoms with Gasteiger partial charge in [0.1, 0.15) is 5.75 Å². The zero-order chi connectivity index (χ0) is 16.1. The van der Waals surface area contributed by atoms with Crippen molar-refractivity contribution in [1.29, 1.82) is 0 Å². The minimum absolute atomic E-state index is 0.0934. The van der Waals surface area contributed by atoms with Gasteiger partial charge in [0, 0.05) is 0 Å². The highest BCUT2D eigenvalue weighted by atomic mass is 16.5. The highest BCUT2D eigenvalue weighted by Gasteiger charge is 2.49. The maximum Gasteiger partial charge on any atom is 0.163 e. The van der Waals surface area contributed by atoms with Gasteiger partial charge in [0.25, 0.3) is 0 Å². The van der Waals surface area contributed by atoms with Gasteiger partial charge in [-0.05, 0) is 72.6 Å². The highest BCUT2D eigenvalue weighted by molar-refractivity contribution is 5.97. The summed E-state index contributed by atoms with van der Waals surface area (Å²) in [5, 5.41) is 0. The zero-order valence-electron chi connectivity index (χ0n) is 14.6. The predicted octanol–water partition coefficient (Wildman–Crippen LogP) is 4.93. The number of hydrogen-bond acceptors (Lipinski definition) is 2. The Labute approximate surface area is 134 Å². The van der Waals surface area contributed by atoms with Crippen LogP contribution >= 0.6 is 0 Å². The molecule has 0 spiro atoms. The molecule has 1 aromatic carbocycles. The Kier molecular flexibility index (Phi) is 3.62. The zero-order valence-corrected chi connectivity index (χ0v) is 14.6. The van der Waals surface area contributed by atoms with Crippen LogP contribution in [0.25, 0.3) is 0 Å². The first-order chi connectivity index (χ1) is 10.3. The number of carbonyl (C=O) groups excluding carboxylic acids is 1. The van der Waals surface area contributed by atoms with Crippen LogP contribution in [0.5, 0.6) is 5.75 Å². The lowest BCUT2D eigenvalue weighted by Gasteiger charge is -2.54. The second-order valence-electron chi connectivity index (χ2n) is 8.12. The fraction of sp³-hybridized carbons (Fsp3) is 0.650. The number of ketones is 1. The van der Waals surface area contributed by atoms with Crippen LogP contribution in [0.2, 0.25) is 0 Å². The maximum atomic E-state index is 11.9. The Morgan fingerprint density at radius 2 is 1.95 bits per heavy atom. The van der Waals surface area contributed by atoms with E-state index in [0.717, 1.165) is 17.7 Å². The molecule has 0 saturated heterocycles. The monoisotopic (exact) mass is 300 g/mol. The summed E-state index contributed by atoms with van der Waals surface area (Å²) >= 11 is 0. The third-order valence-electron chi connectivity index (χ3n) is 6.35. The van der Waals surface area contributed by atoms with Gasteiger partial charge in [-0.1, -0.05) is 27.2 Å². The van der Waals surface area contributed by atoms with E-state index >= 15 is 0 Å². The number of carbonyl (C=O) groups is 1. The van der Waals surface area contributed by atoms with Crippen LogP contribution in [0.3, 0.4) is 0 Å². The first-order valence-electron chi connectivity index (χ1n) is 8.52. The molecule has 22 heavy (non-hydrogen) atoms. The molecule has 0 heterocycles. The standard InChI is InChI=1S/C20H28O2/c1-13(21)15-11-14-7-8-18-19(2,3)9-6-10-20(18,4)16(14)12-17(15)22-5/h11-12,18H,6-10H2,1-5H3. The van der Waals surface area contributed by atoms with Gasteiger partial charge in [-0.3, -0.25) is 4.79 Å². The largest absolute Gasteiger partial charge is 0.496 e. The molecular weight excluding hydrogens is 272 g/mol. The number of aryl methyl sites for hydroxylation is 1. The van der Waals surface area contributed by atoms with E-state index in [-0.39, 0.29) is 11.2 Å². The fourth-order valence-electron chi connectivity index (χ4n) is 5.26. The van der Waals surface area contributed by atoms with E-state index < -0.39 is 0 Å². The molecule has 1 saturated carbocycles. The third-order valence-corrected chi connectivity index (χ3v) is 6.35. The van der Waals surface area contributed by atoms with E-state index in [4.69, 9.17) is 4.74 Å². The number of methoxy groups -OCH3 is 1. The molecule has 2 atom stereocenters. The minimum Gasteiger partial charge on any atom is -0.496 e. The van der Waals surface area contributed by atoms with Crippen molar-refractivity contribution in [3.63, 3.8) is 0 Å². The summed E-state index contributed by atoms with van der Waals surface area (Å²) < 4.78 is 5.53. The van der Waals surface area contributed by atoms with Crippen molar-refractivity contribution in [2.75, 3.05) is 7.11 Å². The minimum atomic E-state index is 0.0934. The van der Waals surface area contributed by atoms with Gasteiger partial charge in [-0.25, -0.2) is 0 Å². The van der Waals surface area contributed by atoms with E-state index in [2.05, 4.69) is 32.9 Å². The lowest BCUT2D eigenvalue weighted by Crippen LogP contribution is -2.47. The number of ether oxygens (including phenoxy) is 1. The maximum absolute atomic E-state index is 11.9. The average molecular weight is 300 g/mol. The molecule has 0 aliphatic heterocycles. The molecule has 2 aliphatic rings. The van der Waals surface area contributed by atoms with Gasteiger partial charge >= 0.3 is 0 Å². The Morgan fingerprint density at radius 1 is 1.23 bits per heavy atom. The summed E-state index contributed by atoms with van der Waals surface area (Å²) in [5.74, 6) is 1.56. The molecule has 2 heteroatoms. The Bertz CT molecular complexity index is 614. The van der Waals surface area contributed by atoms with Crippen LogP contribution in [0.1, 0.15) is 74.9 Å². The van der Waals surface area contributed by atoms with Crippen LogP contribution < -0.4 is 4.74 Å². The molecule has 0 N–H and O–H groups in total. The molecule has 1 aromatic rings. The second-order valence-corrected chi connectivity index (χ2v) is 8.12. The van der Waals surface area contributed by atoms with Gasteiger partial charge in [-0.15, -0.1) is 0 Å². The van der Waals surface area contributed by atoms with Crippen molar-refractivity contribution in [3.8, 4) is 5.75 Å². The third kappa shape index (κ3) is 2.19. The molecule has 0 amide bonds. The smallest absolute Gasteiger partial charge is 0.163 e. The Hall–Kier alpha value is -1.31. The Balaban J connectivity index is 2.16. The number of fused-ring (bicyclic) bond motifs is 3. The van der Waals surface area contributed by atoms with Crippen LogP contribution in [-0.2, 0) is 11.8 Å². The van der Waals surface area contributed by atoms with Crippen LogP contribution in [0.4, 0.5) is 0 Å². The normalized spacial score (nSPS) is 29.4. The van der Waals surface area contributed by atoms with Crippen molar-refractivity contribution < 1.29 is 9.53 Å². The quantitative estimate of drug-likeness (QED) is 0.724. The first kappa shape index (κ1) is 15.6. The number of hydrogen-bond donors (Lipinski definition) is 0. The summed E-state index contributed by atoms with van der Waals surface area (Å²) in [6.45, 7) is 8.92. The van der Waals surface area contributed by atoms with Gasteiger partial charge in [0.2, 0.25) is 0 Å². The van der Waals surface area contributed by atoms with Crippen LogP contribution in [0.15, 0.2) is 12.1 Å².